The number of sulfonamides is 1. The van der Waals surface area contributed by atoms with Gasteiger partial charge in [0.25, 0.3) is 11.8 Å². The molecule has 5 atom stereocenters. The van der Waals surface area contributed by atoms with Crippen molar-refractivity contribution in [2.45, 2.75) is 92.9 Å². The highest BCUT2D eigenvalue weighted by Crippen LogP contribution is 2.46. The molecule has 2 aromatic heterocycles. The van der Waals surface area contributed by atoms with Gasteiger partial charge < -0.3 is 24.7 Å². The van der Waals surface area contributed by atoms with Crippen molar-refractivity contribution in [3.63, 3.8) is 0 Å². The van der Waals surface area contributed by atoms with Crippen molar-refractivity contribution in [1.29, 1.82) is 0 Å². The van der Waals surface area contributed by atoms with Gasteiger partial charge >= 0.3 is 12.1 Å². The fourth-order valence-corrected chi connectivity index (χ4v) is 9.00. The minimum Gasteiger partial charge on any atom is -0.470 e. The number of amides is 4. The summed E-state index contributed by atoms with van der Waals surface area (Å²) in [5.41, 5.74) is -0.636. The highest BCUT2D eigenvalue weighted by Gasteiger charge is 2.62. The number of fused-ring (bicyclic) bond motifs is 5. The van der Waals surface area contributed by atoms with Gasteiger partial charge in [-0.2, -0.15) is 18.2 Å². The minimum atomic E-state index is -5.30. The first-order chi connectivity index (χ1) is 27.6. The second-order valence-corrected chi connectivity index (χ2v) is 17.1. The average molecular weight is 827 g/mol. The Morgan fingerprint density at radius 2 is 1.79 bits per heavy atom. The summed E-state index contributed by atoms with van der Waals surface area (Å²) >= 11 is 0. The van der Waals surface area contributed by atoms with Crippen LogP contribution in [0.3, 0.4) is 0 Å². The molecule has 0 unspecified atom stereocenters. The van der Waals surface area contributed by atoms with Gasteiger partial charge in [-0.05, 0) is 56.7 Å². The molecule has 19 heteroatoms. The van der Waals surface area contributed by atoms with E-state index in [4.69, 9.17) is 9.15 Å². The van der Waals surface area contributed by atoms with Crippen LogP contribution >= 0.6 is 0 Å². The number of allylic oxidation sites excluding steroid dienone is 1. The molecule has 306 valence electrons. The molecule has 58 heavy (non-hydrogen) atoms. The van der Waals surface area contributed by atoms with Crippen molar-refractivity contribution >= 4 is 55.7 Å². The van der Waals surface area contributed by atoms with Crippen molar-refractivity contribution in [2.75, 3.05) is 6.54 Å². The Morgan fingerprint density at radius 3 is 2.53 bits per heavy atom. The number of benzene rings is 2. The monoisotopic (exact) mass is 826 g/mol. The van der Waals surface area contributed by atoms with Gasteiger partial charge in [-0.25, -0.2) is 17.8 Å². The molecule has 2 aliphatic carbocycles. The predicted molar refractivity (Wildman–Crippen MR) is 199 cm³/mol. The molecule has 4 aliphatic rings. The van der Waals surface area contributed by atoms with Crippen LogP contribution < -0.4 is 20.1 Å². The Bertz CT molecular complexity index is 2440. The maximum absolute atomic E-state index is 14.4. The van der Waals surface area contributed by atoms with E-state index >= 15 is 0 Å². The van der Waals surface area contributed by atoms with Crippen LogP contribution in [-0.4, -0.2) is 88.6 Å². The first-order valence-electron chi connectivity index (χ1n) is 19.0. The first-order valence-corrected chi connectivity index (χ1v) is 20.5. The number of hydrogen-bond acceptors (Lipinski definition) is 10. The third-order valence-corrected chi connectivity index (χ3v) is 12.8. The number of rotatable bonds is 7. The number of ether oxygens (including phenoxy) is 1. The lowest BCUT2D eigenvalue weighted by molar-refractivity contribution is -0.175. The van der Waals surface area contributed by atoms with Crippen molar-refractivity contribution in [1.82, 2.24) is 30.2 Å². The van der Waals surface area contributed by atoms with Crippen LogP contribution in [0.4, 0.5) is 17.6 Å². The molecule has 4 aromatic rings. The van der Waals surface area contributed by atoms with Gasteiger partial charge in [-0.3, -0.25) is 23.9 Å². The molecule has 2 saturated carbocycles. The van der Waals surface area contributed by atoms with Gasteiger partial charge in [-0.1, -0.05) is 55.3 Å². The summed E-state index contributed by atoms with van der Waals surface area (Å²) in [6.45, 7) is -0.380. The predicted octanol–water partition coefficient (Wildman–Crippen LogP) is 4.58. The van der Waals surface area contributed by atoms with Crippen LogP contribution in [-0.2, 0) is 29.2 Å². The fourth-order valence-electron chi connectivity index (χ4n) is 7.63. The molecule has 1 saturated heterocycles. The standard InChI is InChI=1S/C39H38F4N6O8S/c40-23-13-16-29-26(17-23)30-31(57-29)34(46-32(45-30)21-9-5-4-6-10-21)56-24-18-28-33(50)47-38(36(52)48-58(54,55)25-14-15-25)19-22(38)11-7-2-1-3-8-12-27(35(51)49(28)20-24)44-37(53)39(41,42)43/h4-7,9-11,13,16-17,22,24-25,27-28H,1-3,8,12,14-15,18-20H2,(H,44,53)(H,47,50)(H,48,52)/t22-,24-,27+,28+,38-/m1/s1. The lowest BCUT2D eigenvalue weighted by Crippen LogP contribution is -2.58. The van der Waals surface area contributed by atoms with E-state index in [1.807, 2.05) is 5.32 Å². The highest BCUT2D eigenvalue weighted by molar-refractivity contribution is 7.91. The molecule has 0 radical (unpaired) electrons. The van der Waals surface area contributed by atoms with E-state index in [9.17, 15) is 45.2 Å². The third kappa shape index (κ3) is 7.82. The Labute approximate surface area is 328 Å². The number of aromatic nitrogens is 2. The number of carbonyl (C=O) groups is 4. The van der Waals surface area contributed by atoms with E-state index in [2.05, 4.69) is 20.0 Å². The minimum absolute atomic E-state index is 0.0240. The molecule has 8 rings (SSSR count). The zero-order valence-corrected chi connectivity index (χ0v) is 31.6. The summed E-state index contributed by atoms with van der Waals surface area (Å²) in [7, 11) is -4.02. The van der Waals surface area contributed by atoms with E-state index in [0.717, 1.165) is 4.90 Å². The van der Waals surface area contributed by atoms with Crippen molar-refractivity contribution < 1.29 is 54.3 Å². The molecular weight excluding hydrogens is 789 g/mol. The van der Waals surface area contributed by atoms with Crippen LogP contribution in [0.25, 0.3) is 33.5 Å². The summed E-state index contributed by atoms with van der Waals surface area (Å²) in [5.74, 6) is -6.24. The Kier molecular flexibility index (Phi) is 10.1. The second kappa shape index (κ2) is 15.0. The van der Waals surface area contributed by atoms with Gasteiger partial charge in [0.2, 0.25) is 27.4 Å². The molecule has 14 nitrogen and oxygen atoms in total. The SMILES string of the molecule is O=C1N[C@]2(C(=O)NS(=O)(=O)C3CC3)C[C@H]2C=CCCCCC[C@H](NC(=O)C(F)(F)F)C(=O)N2C[C@H](Oc3nc(-c4ccccc4)nc4c3oc3ccc(F)cc34)C[C@@H]12. The van der Waals surface area contributed by atoms with Gasteiger partial charge in [0, 0.05) is 23.3 Å². The van der Waals surface area contributed by atoms with Crippen LogP contribution in [0.2, 0.25) is 0 Å². The maximum Gasteiger partial charge on any atom is 0.471 e. The summed E-state index contributed by atoms with van der Waals surface area (Å²) < 4.78 is 95.2. The smallest absolute Gasteiger partial charge is 0.470 e. The van der Waals surface area contributed by atoms with Crippen LogP contribution in [0.1, 0.15) is 57.8 Å². The second-order valence-electron chi connectivity index (χ2n) is 15.2. The highest BCUT2D eigenvalue weighted by atomic mass is 32.2. The van der Waals surface area contributed by atoms with Crippen LogP contribution in [0.15, 0.2) is 65.1 Å². The van der Waals surface area contributed by atoms with Gasteiger partial charge in [0.15, 0.2) is 5.82 Å². The number of hydrogen-bond donors (Lipinski definition) is 3. The fraction of sp³-hybridized carbons (Fsp3) is 0.436. The lowest BCUT2D eigenvalue weighted by Gasteiger charge is -2.30. The number of halogens is 4. The van der Waals surface area contributed by atoms with Crippen LogP contribution in [0, 0.1) is 11.7 Å². The number of nitrogens with zero attached hydrogens (tertiary/aromatic N) is 3. The Hall–Kier alpha value is -5.59. The summed E-state index contributed by atoms with van der Waals surface area (Å²) in [6.07, 6.45) is -0.664. The summed E-state index contributed by atoms with van der Waals surface area (Å²) in [4.78, 5) is 64.8. The molecule has 0 spiro atoms. The average Bonchev–Trinajstić information content (AvgIpc) is 4.08. The number of nitrogens with one attached hydrogen (secondary N) is 3. The first kappa shape index (κ1) is 39.2. The third-order valence-electron chi connectivity index (χ3n) is 11.0. The van der Waals surface area contributed by atoms with Crippen molar-refractivity contribution in [3.8, 4) is 17.3 Å². The van der Waals surface area contributed by atoms with E-state index in [1.165, 1.54) is 18.2 Å². The molecule has 0 bridgehead atoms. The Balaban J connectivity index is 1.16. The number of furan rings is 1. The van der Waals surface area contributed by atoms with E-state index in [-0.39, 0.29) is 60.6 Å². The zero-order valence-electron chi connectivity index (χ0n) is 30.8. The van der Waals surface area contributed by atoms with Crippen LogP contribution in [0.5, 0.6) is 5.88 Å². The largest absolute Gasteiger partial charge is 0.471 e. The molecule has 4 heterocycles. The van der Waals surface area contributed by atoms with E-state index in [1.54, 1.807) is 42.5 Å². The quantitative estimate of drug-likeness (QED) is 0.176. The molecule has 2 aromatic carbocycles. The zero-order chi connectivity index (χ0) is 41.0. The molecule has 3 N–H and O–H groups in total. The molecular formula is C39H38F4N6O8S. The normalized spacial score (nSPS) is 25.6. The topological polar surface area (TPSA) is 190 Å². The van der Waals surface area contributed by atoms with Crippen molar-refractivity contribution in [3.05, 3.63) is 66.5 Å². The summed E-state index contributed by atoms with van der Waals surface area (Å²) in [6, 6.07) is 9.47. The molecule has 3 fully saturated rings. The van der Waals surface area contributed by atoms with Crippen molar-refractivity contribution in [2.24, 2.45) is 5.92 Å². The summed E-state index contributed by atoms with van der Waals surface area (Å²) in [5, 5.41) is 4.09. The number of alkyl halides is 3. The van der Waals surface area contributed by atoms with Gasteiger partial charge in [0.05, 0.1) is 11.8 Å². The van der Waals surface area contributed by atoms with Gasteiger partial charge in [-0.15, -0.1) is 0 Å². The van der Waals surface area contributed by atoms with E-state index < -0.39 is 80.5 Å². The van der Waals surface area contributed by atoms with Gasteiger partial charge in [0.1, 0.15) is 40.6 Å². The lowest BCUT2D eigenvalue weighted by atomic mass is 10.0. The Morgan fingerprint density at radius 1 is 1.02 bits per heavy atom. The maximum atomic E-state index is 14.4. The molecule has 4 amide bonds. The number of carbonyl (C=O) groups excluding carboxylic acids is 4. The van der Waals surface area contributed by atoms with E-state index in [0.29, 0.717) is 43.1 Å². The molecule has 2 aliphatic heterocycles.